The number of aliphatic hydroxyl groups is 1. The van der Waals surface area contributed by atoms with Crippen molar-refractivity contribution in [3.05, 3.63) is 47.9 Å². The summed E-state index contributed by atoms with van der Waals surface area (Å²) in [6, 6.07) is 9.34. The van der Waals surface area contributed by atoms with Crippen molar-refractivity contribution in [1.82, 2.24) is 5.32 Å². The van der Waals surface area contributed by atoms with Crippen LogP contribution in [0.15, 0.2) is 42.4 Å². The molecule has 1 amide bonds. The second-order valence-electron chi connectivity index (χ2n) is 5.10. The maximum absolute atomic E-state index is 11.5. The van der Waals surface area contributed by atoms with E-state index in [2.05, 4.69) is 5.32 Å². The molecule has 0 aromatic heterocycles. The predicted octanol–water partition coefficient (Wildman–Crippen LogP) is 1.90. The van der Waals surface area contributed by atoms with Gasteiger partial charge in [0.1, 0.15) is 19.0 Å². The summed E-state index contributed by atoms with van der Waals surface area (Å²) in [6.07, 6.45) is -0.227. The van der Waals surface area contributed by atoms with Crippen molar-refractivity contribution < 1.29 is 24.1 Å². The van der Waals surface area contributed by atoms with E-state index in [1.165, 1.54) is 6.26 Å². The van der Waals surface area contributed by atoms with Gasteiger partial charge in [-0.15, -0.1) is 0 Å². The number of hydrogen-bond donors (Lipinski definition) is 2. The third kappa shape index (κ3) is 4.68. The van der Waals surface area contributed by atoms with E-state index in [1.807, 2.05) is 30.3 Å². The monoisotopic (exact) mass is 293 g/mol. The minimum absolute atomic E-state index is 0.0150. The molecule has 1 atom stereocenters. The molecule has 0 radical (unpaired) electrons. The van der Waals surface area contributed by atoms with Gasteiger partial charge in [0.25, 0.3) is 0 Å². The fourth-order valence-corrected chi connectivity index (χ4v) is 1.73. The van der Waals surface area contributed by atoms with Crippen LogP contribution in [-0.2, 0) is 20.8 Å². The molecule has 2 rings (SSSR count). The number of carbonyl (C=O) groups excluding carboxylic acids is 1. The summed E-state index contributed by atoms with van der Waals surface area (Å²) in [7, 11) is 0. The average Bonchev–Trinajstić information content (AvgIpc) is 2.84. The first-order valence-electron chi connectivity index (χ1n) is 6.66. The molecule has 114 valence electrons. The van der Waals surface area contributed by atoms with Crippen LogP contribution in [-0.4, -0.2) is 29.6 Å². The van der Waals surface area contributed by atoms with Gasteiger partial charge in [-0.05, 0) is 5.56 Å². The topological polar surface area (TPSA) is 77.0 Å². The summed E-state index contributed by atoms with van der Waals surface area (Å²) in [5, 5.41) is 12.3. The number of ether oxygens (including phenoxy) is 3. The highest BCUT2D eigenvalue weighted by Crippen LogP contribution is 2.25. The minimum atomic E-state index is -0.976. The highest BCUT2D eigenvalue weighted by atomic mass is 16.7. The van der Waals surface area contributed by atoms with Crippen LogP contribution >= 0.6 is 0 Å². The van der Waals surface area contributed by atoms with Crippen LogP contribution in [0.2, 0.25) is 0 Å². The zero-order valence-corrected chi connectivity index (χ0v) is 12.0. The van der Waals surface area contributed by atoms with Gasteiger partial charge in [-0.25, -0.2) is 4.79 Å². The lowest BCUT2D eigenvalue weighted by atomic mass is 10.2. The maximum Gasteiger partial charge on any atom is 0.407 e. The van der Waals surface area contributed by atoms with Gasteiger partial charge in [0.2, 0.25) is 5.79 Å². The molecule has 1 aliphatic heterocycles. The number of hydrogen-bond acceptors (Lipinski definition) is 5. The molecule has 0 spiro atoms. The smallest absolute Gasteiger partial charge is 0.407 e. The van der Waals surface area contributed by atoms with Crippen LogP contribution in [0.4, 0.5) is 4.79 Å². The van der Waals surface area contributed by atoms with Gasteiger partial charge in [0.05, 0.1) is 6.54 Å². The summed E-state index contributed by atoms with van der Waals surface area (Å²) in [5.74, 6) is -0.507. The zero-order valence-electron chi connectivity index (χ0n) is 12.0. The van der Waals surface area contributed by atoms with Crippen molar-refractivity contribution in [3.63, 3.8) is 0 Å². The lowest BCUT2D eigenvalue weighted by molar-refractivity contribution is -0.124. The largest absolute Gasteiger partial charge is 0.457 e. The molecule has 1 aromatic rings. The Balaban J connectivity index is 1.69. The van der Waals surface area contributed by atoms with E-state index in [0.29, 0.717) is 0 Å². The average molecular weight is 293 g/mol. The van der Waals surface area contributed by atoms with Gasteiger partial charge >= 0.3 is 6.09 Å². The summed E-state index contributed by atoms with van der Waals surface area (Å²) in [4.78, 5) is 11.5. The molecule has 0 saturated heterocycles. The number of aliphatic hydroxyl groups excluding tert-OH is 1. The lowest BCUT2D eigenvalue weighted by Crippen LogP contribution is -2.34. The molecule has 0 unspecified atom stereocenters. The second kappa shape index (κ2) is 6.49. The predicted molar refractivity (Wildman–Crippen MR) is 75.0 cm³/mol. The summed E-state index contributed by atoms with van der Waals surface area (Å²) in [6.45, 7) is 3.62. The van der Waals surface area contributed by atoms with E-state index >= 15 is 0 Å². The fourth-order valence-electron chi connectivity index (χ4n) is 1.73. The molecule has 6 nitrogen and oxygen atoms in total. The van der Waals surface area contributed by atoms with Gasteiger partial charge in [-0.2, -0.15) is 0 Å². The summed E-state index contributed by atoms with van der Waals surface area (Å²) < 4.78 is 15.6. The Labute approximate surface area is 123 Å². The van der Waals surface area contributed by atoms with E-state index in [9.17, 15) is 9.90 Å². The van der Waals surface area contributed by atoms with E-state index in [-0.39, 0.29) is 18.9 Å². The Bertz CT molecular complexity index is 512. The molecule has 0 saturated carbocycles. The number of alkyl carbamates (subject to hydrolysis) is 1. The SMILES string of the molecule is CC1(C)OC=C([C@@H](O)CNC(=O)OCc2ccccc2)O1. The number of nitrogens with one attached hydrogen (secondary N) is 1. The molecule has 1 aliphatic rings. The number of carbonyl (C=O) groups is 1. The Morgan fingerprint density at radius 2 is 2.10 bits per heavy atom. The molecule has 2 N–H and O–H groups in total. The van der Waals surface area contributed by atoms with Crippen LogP contribution in [0.3, 0.4) is 0 Å². The molecular weight excluding hydrogens is 274 g/mol. The van der Waals surface area contributed by atoms with E-state index in [0.717, 1.165) is 5.56 Å². The lowest BCUT2D eigenvalue weighted by Gasteiger charge is -2.20. The minimum Gasteiger partial charge on any atom is -0.457 e. The highest BCUT2D eigenvalue weighted by molar-refractivity contribution is 5.67. The van der Waals surface area contributed by atoms with Gasteiger partial charge in [-0.1, -0.05) is 30.3 Å². The normalized spacial score (nSPS) is 17.2. The molecule has 21 heavy (non-hydrogen) atoms. The molecule has 0 fully saturated rings. The summed E-state index contributed by atoms with van der Waals surface area (Å²) >= 11 is 0. The van der Waals surface area contributed by atoms with Gasteiger partial charge < -0.3 is 24.6 Å². The Morgan fingerprint density at radius 1 is 1.38 bits per heavy atom. The Kier molecular flexibility index (Phi) is 4.70. The van der Waals surface area contributed by atoms with E-state index < -0.39 is 18.0 Å². The molecular formula is C15H19NO5. The van der Waals surface area contributed by atoms with Gasteiger partial charge in [0.15, 0.2) is 5.76 Å². The van der Waals surface area contributed by atoms with Crippen LogP contribution in [0.1, 0.15) is 19.4 Å². The summed E-state index contributed by atoms with van der Waals surface area (Å²) in [5.41, 5.74) is 0.894. The molecule has 0 aliphatic carbocycles. The van der Waals surface area contributed by atoms with Crippen LogP contribution in [0.5, 0.6) is 0 Å². The maximum atomic E-state index is 11.5. The van der Waals surface area contributed by atoms with E-state index in [1.54, 1.807) is 13.8 Å². The number of rotatable bonds is 5. The molecule has 6 heteroatoms. The second-order valence-corrected chi connectivity index (χ2v) is 5.10. The number of benzene rings is 1. The third-order valence-corrected chi connectivity index (χ3v) is 2.80. The van der Waals surface area contributed by atoms with Crippen molar-refractivity contribution in [2.24, 2.45) is 0 Å². The molecule has 0 bridgehead atoms. The van der Waals surface area contributed by atoms with Crippen LogP contribution in [0.25, 0.3) is 0 Å². The van der Waals surface area contributed by atoms with Crippen LogP contribution in [0, 0.1) is 0 Å². The standard InChI is InChI=1S/C15H19NO5/c1-15(2)20-10-13(21-15)12(17)8-16-14(18)19-9-11-6-4-3-5-7-11/h3-7,10,12,17H,8-9H2,1-2H3,(H,16,18)/t12-/m0/s1. The van der Waals surface area contributed by atoms with E-state index in [4.69, 9.17) is 14.2 Å². The fraction of sp³-hybridized carbons (Fsp3) is 0.400. The first kappa shape index (κ1) is 15.2. The van der Waals surface area contributed by atoms with Crippen molar-refractivity contribution in [1.29, 1.82) is 0 Å². The van der Waals surface area contributed by atoms with Crippen molar-refractivity contribution in [2.75, 3.05) is 6.54 Å². The Morgan fingerprint density at radius 3 is 2.71 bits per heavy atom. The van der Waals surface area contributed by atoms with Crippen LogP contribution < -0.4 is 5.32 Å². The van der Waals surface area contributed by atoms with Gasteiger partial charge in [0, 0.05) is 13.8 Å². The first-order valence-corrected chi connectivity index (χ1v) is 6.66. The highest BCUT2D eigenvalue weighted by Gasteiger charge is 2.31. The first-order chi connectivity index (χ1) is 9.96. The van der Waals surface area contributed by atoms with Gasteiger partial charge in [-0.3, -0.25) is 0 Å². The zero-order chi connectivity index (χ0) is 15.3. The third-order valence-electron chi connectivity index (χ3n) is 2.80. The Hall–Kier alpha value is -2.21. The number of amides is 1. The van der Waals surface area contributed by atoms with Crippen molar-refractivity contribution in [2.45, 2.75) is 32.3 Å². The quantitative estimate of drug-likeness (QED) is 0.867. The van der Waals surface area contributed by atoms with Crippen molar-refractivity contribution in [3.8, 4) is 0 Å². The molecule has 1 aromatic carbocycles. The molecule has 1 heterocycles. The van der Waals surface area contributed by atoms with Crippen molar-refractivity contribution >= 4 is 6.09 Å².